The molecule has 0 bridgehead atoms. The second kappa shape index (κ2) is 5.59. The van der Waals surface area contributed by atoms with Gasteiger partial charge < -0.3 is 10.2 Å². The van der Waals surface area contributed by atoms with Gasteiger partial charge in [0.2, 0.25) is 0 Å². The summed E-state index contributed by atoms with van der Waals surface area (Å²) in [6.07, 6.45) is 0. The molecule has 90 valence electrons. The van der Waals surface area contributed by atoms with Crippen LogP contribution in [0, 0.1) is 5.41 Å². The second-order valence-electron chi connectivity index (χ2n) is 3.33. The van der Waals surface area contributed by atoms with Gasteiger partial charge in [-0.3, -0.25) is 13.6 Å². The van der Waals surface area contributed by atoms with Gasteiger partial charge in [0, 0.05) is 5.88 Å². The maximum Gasteiger partial charge on any atom is 0.474 e. The van der Waals surface area contributed by atoms with Crippen LogP contribution in [0.4, 0.5) is 0 Å². The molecule has 1 saturated heterocycles. The summed E-state index contributed by atoms with van der Waals surface area (Å²) in [7, 11) is -3.54. The van der Waals surface area contributed by atoms with E-state index in [1.54, 1.807) is 0 Å². The lowest BCUT2D eigenvalue weighted by molar-refractivity contribution is -0.0696. The Morgan fingerprint density at radius 2 is 1.87 bits per heavy atom. The SMILES string of the molecule is O=P1(OCCCl)OCC(CO)(CO)CO1. The number of halogens is 1. The molecule has 1 heterocycles. The maximum atomic E-state index is 11.6. The lowest BCUT2D eigenvalue weighted by Gasteiger charge is -2.35. The normalized spacial score (nSPS) is 23.9. The monoisotopic (exact) mass is 260 g/mol. The molecule has 1 rings (SSSR count). The quantitative estimate of drug-likeness (QED) is 0.549. The molecule has 0 atom stereocenters. The number of hydrogen-bond donors (Lipinski definition) is 2. The molecule has 0 aromatic heterocycles. The summed E-state index contributed by atoms with van der Waals surface area (Å²) in [6, 6.07) is 0. The van der Waals surface area contributed by atoms with Crippen molar-refractivity contribution in [2.24, 2.45) is 5.41 Å². The third-order valence-corrected chi connectivity index (χ3v) is 3.60. The van der Waals surface area contributed by atoms with Crippen LogP contribution in [-0.4, -0.2) is 49.1 Å². The highest BCUT2D eigenvalue weighted by Gasteiger charge is 2.42. The van der Waals surface area contributed by atoms with Gasteiger partial charge in [-0.2, -0.15) is 0 Å². The highest BCUT2D eigenvalue weighted by molar-refractivity contribution is 7.48. The first-order chi connectivity index (χ1) is 7.10. The van der Waals surface area contributed by atoms with E-state index in [4.69, 9.17) is 35.4 Å². The summed E-state index contributed by atoms with van der Waals surface area (Å²) in [4.78, 5) is 0. The zero-order valence-electron chi connectivity index (χ0n) is 8.10. The molecule has 15 heavy (non-hydrogen) atoms. The van der Waals surface area contributed by atoms with E-state index >= 15 is 0 Å². The van der Waals surface area contributed by atoms with Crippen molar-refractivity contribution in [3.8, 4) is 0 Å². The van der Waals surface area contributed by atoms with Gasteiger partial charge >= 0.3 is 7.82 Å². The van der Waals surface area contributed by atoms with Crippen molar-refractivity contribution in [1.29, 1.82) is 0 Å². The van der Waals surface area contributed by atoms with Crippen molar-refractivity contribution in [2.45, 2.75) is 0 Å². The second-order valence-corrected chi connectivity index (χ2v) is 5.38. The molecule has 1 aliphatic rings. The van der Waals surface area contributed by atoms with E-state index in [0.29, 0.717) is 0 Å². The van der Waals surface area contributed by atoms with Crippen LogP contribution in [0.25, 0.3) is 0 Å². The maximum absolute atomic E-state index is 11.6. The van der Waals surface area contributed by atoms with Crippen molar-refractivity contribution in [3.63, 3.8) is 0 Å². The smallest absolute Gasteiger partial charge is 0.396 e. The minimum atomic E-state index is -3.54. The van der Waals surface area contributed by atoms with Crippen molar-refractivity contribution >= 4 is 19.4 Å². The molecule has 1 aliphatic heterocycles. The van der Waals surface area contributed by atoms with Gasteiger partial charge in [0.15, 0.2) is 0 Å². The van der Waals surface area contributed by atoms with E-state index in [1.807, 2.05) is 0 Å². The predicted octanol–water partition coefficient (Wildman–Crippen LogP) is 0.368. The molecule has 1 fully saturated rings. The van der Waals surface area contributed by atoms with E-state index in [-0.39, 0.29) is 38.9 Å². The Balaban J connectivity index is 2.50. The Labute approximate surface area is 92.7 Å². The van der Waals surface area contributed by atoms with E-state index in [1.165, 1.54) is 0 Å². The Morgan fingerprint density at radius 1 is 1.33 bits per heavy atom. The van der Waals surface area contributed by atoms with Gasteiger partial charge in [0.05, 0.1) is 38.4 Å². The molecule has 0 aromatic carbocycles. The molecule has 0 unspecified atom stereocenters. The first-order valence-corrected chi connectivity index (χ1v) is 6.41. The fraction of sp³-hybridized carbons (Fsp3) is 1.00. The average molecular weight is 261 g/mol. The lowest BCUT2D eigenvalue weighted by atomic mass is 9.93. The molecule has 6 nitrogen and oxygen atoms in total. The topological polar surface area (TPSA) is 85.2 Å². The number of aliphatic hydroxyl groups excluding tert-OH is 2. The summed E-state index contributed by atoms with van der Waals surface area (Å²) in [5.41, 5.74) is -0.905. The summed E-state index contributed by atoms with van der Waals surface area (Å²) in [5.74, 6) is 0.182. The minimum Gasteiger partial charge on any atom is -0.396 e. The molecule has 8 heteroatoms. The molecule has 2 N–H and O–H groups in total. The number of rotatable bonds is 5. The highest BCUT2D eigenvalue weighted by atomic mass is 35.5. The van der Waals surface area contributed by atoms with Gasteiger partial charge in [0.25, 0.3) is 0 Å². The zero-order chi connectivity index (χ0) is 11.4. The van der Waals surface area contributed by atoms with Crippen molar-refractivity contribution in [1.82, 2.24) is 0 Å². The highest BCUT2D eigenvalue weighted by Crippen LogP contribution is 2.54. The van der Waals surface area contributed by atoms with Crippen molar-refractivity contribution < 1.29 is 28.3 Å². The summed E-state index contributed by atoms with van der Waals surface area (Å²) in [6.45, 7) is -0.693. The van der Waals surface area contributed by atoms with Crippen LogP contribution in [-0.2, 0) is 18.1 Å². The Hall–Kier alpha value is 0.320. The summed E-state index contributed by atoms with van der Waals surface area (Å²) < 4.78 is 26.2. The van der Waals surface area contributed by atoms with Gasteiger partial charge in [0.1, 0.15) is 0 Å². The molecule has 0 saturated carbocycles. The van der Waals surface area contributed by atoms with Crippen molar-refractivity contribution in [2.75, 3.05) is 38.9 Å². The van der Waals surface area contributed by atoms with Crippen LogP contribution in [0.3, 0.4) is 0 Å². The summed E-state index contributed by atoms with van der Waals surface area (Å²) in [5, 5.41) is 18.0. The third-order valence-electron chi connectivity index (χ3n) is 2.06. The number of alkyl halides is 1. The third kappa shape index (κ3) is 3.39. The van der Waals surface area contributed by atoms with Crippen LogP contribution in [0.2, 0.25) is 0 Å². The number of aliphatic hydroxyl groups is 2. The van der Waals surface area contributed by atoms with Gasteiger partial charge in [-0.05, 0) is 0 Å². The van der Waals surface area contributed by atoms with Crippen LogP contribution in [0.15, 0.2) is 0 Å². The molecular weight excluding hydrogens is 246 g/mol. The molecule has 0 aromatic rings. The van der Waals surface area contributed by atoms with Crippen LogP contribution >= 0.6 is 19.4 Å². The lowest BCUT2D eigenvalue weighted by Crippen LogP contribution is -2.42. The average Bonchev–Trinajstić information content (AvgIpc) is 2.29. The zero-order valence-corrected chi connectivity index (χ0v) is 9.75. The fourth-order valence-corrected chi connectivity index (χ4v) is 2.55. The number of phosphoric acid groups is 1. The Kier molecular flexibility index (Phi) is 4.99. The summed E-state index contributed by atoms with van der Waals surface area (Å²) >= 11 is 5.36. The molecule has 0 aliphatic carbocycles. The van der Waals surface area contributed by atoms with Crippen LogP contribution in [0.5, 0.6) is 0 Å². The Morgan fingerprint density at radius 3 is 2.27 bits per heavy atom. The largest absolute Gasteiger partial charge is 0.474 e. The van der Waals surface area contributed by atoms with E-state index < -0.39 is 13.2 Å². The first kappa shape index (κ1) is 13.4. The van der Waals surface area contributed by atoms with Gasteiger partial charge in [-0.1, -0.05) is 0 Å². The fourth-order valence-electron chi connectivity index (χ4n) is 0.964. The Bertz CT molecular complexity index is 230. The van der Waals surface area contributed by atoms with Gasteiger partial charge in [-0.15, -0.1) is 11.6 Å². The van der Waals surface area contributed by atoms with E-state index in [9.17, 15) is 4.57 Å². The van der Waals surface area contributed by atoms with Crippen LogP contribution in [0.1, 0.15) is 0 Å². The molecular formula is C7H14ClO6P. The minimum absolute atomic E-state index is 0.0596. The molecule has 0 radical (unpaired) electrons. The number of phosphoric ester groups is 1. The molecule has 0 spiro atoms. The molecule has 0 amide bonds. The predicted molar refractivity (Wildman–Crippen MR) is 52.8 cm³/mol. The first-order valence-electron chi connectivity index (χ1n) is 4.41. The standard InChI is InChI=1S/C7H14ClO6P/c8-1-2-12-15(11)13-5-7(3-9,4-10)6-14-15/h9-10H,1-6H2. The van der Waals surface area contributed by atoms with E-state index in [2.05, 4.69) is 0 Å². The van der Waals surface area contributed by atoms with Crippen LogP contribution < -0.4 is 0 Å². The van der Waals surface area contributed by atoms with Crippen molar-refractivity contribution in [3.05, 3.63) is 0 Å². The van der Waals surface area contributed by atoms with Gasteiger partial charge in [-0.25, -0.2) is 4.57 Å². The number of hydrogen-bond acceptors (Lipinski definition) is 6. The van der Waals surface area contributed by atoms with E-state index in [0.717, 1.165) is 0 Å².